The van der Waals surface area contributed by atoms with E-state index in [0.29, 0.717) is 49.8 Å². The fraction of sp³-hybridized carbons (Fsp3) is 0.905. The van der Waals surface area contributed by atoms with Crippen molar-refractivity contribution in [3.8, 4) is 0 Å². The summed E-state index contributed by atoms with van der Waals surface area (Å²) in [6.45, 7) is 1.46. The van der Waals surface area contributed by atoms with Gasteiger partial charge < -0.3 is 23.7 Å². The number of carbonyl (C=O) groups excluding carboxylic acids is 2. The zero-order valence-electron chi connectivity index (χ0n) is 16.5. The molecule has 4 rings (SSSR count). The Labute approximate surface area is 162 Å². The van der Waals surface area contributed by atoms with Crippen LogP contribution in [0.2, 0.25) is 0 Å². The lowest BCUT2D eigenvalue weighted by Gasteiger charge is -2.18. The molecular formula is C21H34O6. The Morgan fingerprint density at radius 1 is 0.926 bits per heavy atom. The van der Waals surface area contributed by atoms with Gasteiger partial charge in [0.15, 0.2) is 0 Å². The van der Waals surface area contributed by atoms with Crippen LogP contribution in [0.4, 0.5) is 0 Å². The molecule has 2 saturated heterocycles. The third-order valence-electron chi connectivity index (χ3n) is 6.06. The fourth-order valence-corrected chi connectivity index (χ4v) is 4.29. The molecule has 2 aliphatic heterocycles. The van der Waals surface area contributed by atoms with Gasteiger partial charge in [-0.1, -0.05) is 0 Å². The third-order valence-corrected chi connectivity index (χ3v) is 6.06. The first kappa shape index (κ1) is 20.7. The van der Waals surface area contributed by atoms with Crippen LogP contribution in [0, 0.1) is 11.8 Å². The molecule has 6 atom stereocenters. The normalized spacial score (nSPS) is 35.7. The Hall–Kier alpha value is -0.980. The van der Waals surface area contributed by atoms with Gasteiger partial charge in [0.25, 0.3) is 0 Å². The van der Waals surface area contributed by atoms with Crippen molar-refractivity contribution in [2.75, 3.05) is 20.3 Å². The summed E-state index contributed by atoms with van der Waals surface area (Å²) in [6, 6.07) is 0. The first-order valence-electron chi connectivity index (χ1n) is 10.6. The number of esters is 1. The fourth-order valence-electron chi connectivity index (χ4n) is 4.29. The van der Waals surface area contributed by atoms with E-state index in [2.05, 4.69) is 0 Å². The van der Waals surface area contributed by atoms with E-state index in [1.807, 2.05) is 0 Å². The number of fused-ring (bicyclic) bond motifs is 2. The van der Waals surface area contributed by atoms with E-state index in [1.54, 1.807) is 7.11 Å². The number of hydrogen-bond donors (Lipinski definition) is 0. The van der Waals surface area contributed by atoms with Crippen LogP contribution < -0.4 is 0 Å². The quantitative estimate of drug-likeness (QED) is 0.264. The molecule has 4 aliphatic rings. The molecule has 0 aromatic carbocycles. The van der Waals surface area contributed by atoms with E-state index < -0.39 is 0 Å². The Bertz CT molecular complexity index is 481. The lowest BCUT2D eigenvalue weighted by Crippen LogP contribution is -2.20. The van der Waals surface area contributed by atoms with Gasteiger partial charge in [-0.05, 0) is 63.2 Å². The van der Waals surface area contributed by atoms with Gasteiger partial charge in [0, 0.05) is 26.6 Å². The predicted molar refractivity (Wildman–Crippen MR) is 99.4 cm³/mol. The van der Waals surface area contributed by atoms with Crippen LogP contribution in [0.3, 0.4) is 0 Å². The van der Waals surface area contributed by atoms with Gasteiger partial charge in [-0.2, -0.15) is 0 Å². The second-order valence-electron chi connectivity index (χ2n) is 8.33. The second kappa shape index (κ2) is 10.5. The zero-order valence-corrected chi connectivity index (χ0v) is 16.5. The van der Waals surface area contributed by atoms with E-state index in [0.717, 1.165) is 50.9 Å². The Morgan fingerprint density at radius 3 is 2.11 bits per heavy atom. The number of ether oxygens (including phenoxy) is 4. The molecule has 2 heterocycles. The summed E-state index contributed by atoms with van der Waals surface area (Å²) in [5.74, 6) is 1.13. The molecule has 154 valence electrons. The van der Waals surface area contributed by atoms with Gasteiger partial charge in [0.2, 0.25) is 0 Å². The van der Waals surface area contributed by atoms with Gasteiger partial charge in [-0.25, -0.2) is 0 Å². The smallest absolute Gasteiger partial charge is 0.305 e. The molecular weight excluding hydrogens is 348 g/mol. The number of carbonyl (C=O) groups is 2. The Kier molecular flexibility index (Phi) is 8.09. The molecule has 2 saturated carbocycles. The monoisotopic (exact) mass is 382 g/mol. The minimum absolute atomic E-state index is 0.130. The van der Waals surface area contributed by atoms with Crippen molar-refractivity contribution in [2.45, 2.75) is 88.6 Å². The molecule has 6 unspecified atom stereocenters. The van der Waals surface area contributed by atoms with Gasteiger partial charge in [-0.3, -0.25) is 4.79 Å². The van der Waals surface area contributed by atoms with Crippen molar-refractivity contribution in [3.63, 3.8) is 0 Å². The predicted octanol–water partition coefficient (Wildman–Crippen LogP) is 3.06. The molecule has 6 nitrogen and oxygen atoms in total. The average molecular weight is 382 g/mol. The first-order chi connectivity index (χ1) is 13.2. The molecule has 2 aliphatic carbocycles. The third kappa shape index (κ3) is 7.16. The van der Waals surface area contributed by atoms with Crippen LogP contribution in [-0.4, -0.2) is 57.0 Å². The summed E-state index contributed by atoms with van der Waals surface area (Å²) in [4.78, 5) is 21.5. The molecule has 0 amide bonds. The van der Waals surface area contributed by atoms with Gasteiger partial charge in [0.05, 0.1) is 31.0 Å². The van der Waals surface area contributed by atoms with E-state index in [1.165, 1.54) is 19.3 Å². The zero-order chi connectivity index (χ0) is 19.1. The lowest BCUT2D eigenvalue weighted by molar-refractivity contribution is -0.145. The number of hydrogen-bond acceptors (Lipinski definition) is 6. The van der Waals surface area contributed by atoms with Gasteiger partial charge in [0.1, 0.15) is 6.29 Å². The molecule has 0 aromatic heterocycles. The summed E-state index contributed by atoms with van der Waals surface area (Å²) in [5, 5.41) is 0. The van der Waals surface area contributed by atoms with Crippen LogP contribution in [0.5, 0.6) is 0 Å². The van der Waals surface area contributed by atoms with Crippen LogP contribution in [0.25, 0.3) is 0 Å². The van der Waals surface area contributed by atoms with Crippen LogP contribution in [-0.2, 0) is 28.5 Å². The summed E-state index contributed by atoms with van der Waals surface area (Å²) in [6.07, 6.45) is 12.6. The second-order valence-corrected chi connectivity index (χ2v) is 8.33. The van der Waals surface area contributed by atoms with Crippen LogP contribution in [0.15, 0.2) is 0 Å². The van der Waals surface area contributed by atoms with Crippen LogP contribution >= 0.6 is 0 Å². The Morgan fingerprint density at radius 2 is 1.56 bits per heavy atom. The highest BCUT2D eigenvalue weighted by molar-refractivity contribution is 5.69. The van der Waals surface area contributed by atoms with E-state index in [9.17, 15) is 9.59 Å². The highest BCUT2D eigenvalue weighted by atomic mass is 16.6. The molecule has 0 radical (unpaired) electrons. The summed E-state index contributed by atoms with van der Waals surface area (Å²) >= 11 is 0. The number of epoxide rings is 2. The van der Waals surface area contributed by atoms with Crippen LogP contribution in [0.1, 0.15) is 64.2 Å². The van der Waals surface area contributed by atoms with E-state index in [-0.39, 0.29) is 5.97 Å². The molecule has 4 fully saturated rings. The Balaban J connectivity index is 0.000000177. The maximum Gasteiger partial charge on any atom is 0.305 e. The standard InChI is InChI=1S/C13H20O4.C8H14O2/c14-7-3-1-2-4-13(15)16-9-10-5-6-11-12(8-10)17-11;1-9-5-6-2-3-7-8(4-6)10-7/h7,10-12H,1-6,8-9H2;6-8H,2-5H2,1H3. The minimum atomic E-state index is -0.130. The molecule has 27 heavy (non-hydrogen) atoms. The van der Waals surface area contributed by atoms with Crippen molar-refractivity contribution in [2.24, 2.45) is 11.8 Å². The maximum atomic E-state index is 11.4. The molecule has 0 N–H and O–H groups in total. The van der Waals surface area contributed by atoms with Crippen molar-refractivity contribution in [1.29, 1.82) is 0 Å². The van der Waals surface area contributed by atoms with Crippen molar-refractivity contribution in [3.05, 3.63) is 0 Å². The molecule has 6 heteroatoms. The number of rotatable bonds is 9. The molecule has 0 aromatic rings. The first-order valence-corrected chi connectivity index (χ1v) is 10.6. The summed E-state index contributed by atoms with van der Waals surface area (Å²) < 4.78 is 21.2. The van der Waals surface area contributed by atoms with Crippen molar-refractivity contribution >= 4 is 12.3 Å². The van der Waals surface area contributed by atoms with Crippen molar-refractivity contribution < 1.29 is 28.5 Å². The molecule has 0 bridgehead atoms. The van der Waals surface area contributed by atoms with E-state index >= 15 is 0 Å². The number of unbranched alkanes of at least 4 members (excludes halogenated alkanes) is 2. The summed E-state index contributed by atoms with van der Waals surface area (Å²) in [7, 11) is 1.78. The minimum Gasteiger partial charge on any atom is -0.465 e. The highest BCUT2D eigenvalue weighted by Gasteiger charge is 2.44. The van der Waals surface area contributed by atoms with Crippen molar-refractivity contribution in [1.82, 2.24) is 0 Å². The summed E-state index contributed by atoms with van der Waals surface area (Å²) in [5.41, 5.74) is 0. The number of methoxy groups -OCH3 is 1. The maximum absolute atomic E-state index is 11.4. The highest BCUT2D eigenvalue weighted by Crippen LogP contribution is 2.40. The van der Waals surface area contributed by atoms with Gasteiger partial charge >= 0.3 is 5.97 Å². The average Bonchev–Trinajstić information content (AvgIpc) is 3.58. The topological polar surface area (TPSA) is 77.7 Å². The lowest BCUT2D eigenvalue weighted by atomic mass is 9.90. The largest absolute Gasteiger partial charge is 0.465 e. The SMILES string of the molecule is COCC1CCC2OC2C1.O=CCCCCC(=O)OCC1CCC2OC2C1. The molecule has 0 spiro atoms. The van der Waals surface area contributed by atoms with E-state index in [4.69, 9.17) is 18.9 Å². The number of aldehydes is 1. The van der Waals surface area contributed by atoms with Gasteiger partial charge in [-0.15, -0.1) is 0 Å².